The van der Waals surface area contributed by atoms with Gasteiger partial charge >= 0.3 is 5.69 Å². The molecule has 1 aromatic carbocycles. The SMILES string of the molecule is Cc1ccc(Nc2ncnc(N3CCN(Cc4ccc5c(c4)OCO5)CC3)c2[N+](=O)[O-])nc1. The third-order valence-electron chi connectivity index (χ3n) is 5.66. The lowest BCUT2D eigenvalue weighted by Gasteiger charge is -2.35. The summed E-state index contributed by atoms with van der Waals surface area (Å²) in [6, 6.07) is 9.60. The molecule has 1 fully saturated rings. The van der Waals surface area contributed by atoms with Gasteiger partial charge in [0.2, 0.25) is 18.4 Å². The number of aromatic nitrogens is 3. The zero-order valence-corrected chi connectivity index (χ0v) is 18.1. The van der Waals surface area contributed by atoms with Crippen LogP contribution in [0.3, 0.4) is 0 Å². The van der Waals surface area contributed by atoms with Gasteiger partial charge in [0.1, 0.15) is 12.1 Å². The van der Waals surface area contributed by atoms with E-state index in [1.807, 2.05) is 36.1 Å². The van der Waals surface area contributed by atoms with E-state index in [1.165, 1.54) is 6.33 Å². The zero-order chi connectivity index (χ0) is 22.8. The molecule has 170 valence electrons. The summed E-state index contributed by atoms with van der Waals surface area (Å²) in [4.78, 5) is 28.3. The van der Waals surface area contributed by atoms with E-state index in [0.717, 1.165) is 42.3 Å². The first kappa shape index (κ1) is 20.9. The summed E-state index contributed by atoms with van der Waals surface area (Å²) in [6.07, 6.45) is 3.04. The molecule has 0 atom stereocenters. The predicted octanol–water partition coefficient (Wildman–Crippen LogP) is 2.88. The number of rotatable bonds is 6. The van der Waals surface area contributed by atoms with Crippen LogP contribution in [0.5, 0.6) is 11.5 Å². The molecule has 0 amide bonds. The molecule has 0 spiro atoms. The highest BCUT2D eigenvalue weighted by molar-refractivity contribution is 5.73. The Hall–Kier alpha value is -3.99. The first-order valence-electron chi connectivity index (χ1n) is 10.6. The molecule has 33 heavy (non-hydrogen) atoms. The first-order valence-corrected chi connectivity index (χ1v) is 10.6. The lowest BCUT2D eigenvalue weighted by molar-refractivity contribution is -0.383. The van der Waals surface area contributed by atoms with Crippen LogP contribution in [0.15, 0.2) is 42.9 Å². The lowest BCUT2D eigenvalue weighted by Crippen LogP contribution is -2.46. The number of nitrogens with one attached hydrogen (secondary N) is 1. The molecule has 0 unspecified atom stereocenters. The predicted molar refractivity (Wildman–Crippen MR) is 121 cm³/mol. The van der Waals surface area contributed by atoms with E-state index in [2.05, 4.69) is 25.2 Å². The van der Waals surface area contributed by atoms with Crippen LogP contribution in [0.1, 0.15) is 11.1 Å². The molecule has 3 aromatic rings. The van der Waals surface area contributed by atoms with E-state index in [9.17, 15) is 10.1 Å². The van der Waals surface area contributed by atoms with Crippen molar-refractivity contribution in [3.8, 4) is 11.5 Å². The maximum absolute atomic E-state index is 11.9. The summed E-state index contributed by atoms with van der Waals surface area (Å²) in [5, 5.41) is 14.9. The molecular formula is C22H23N7O4. The number of nitrogens with zero attached hydrogens (tertiary/aromatic N) is 6. The second-order valence-corrected chi connectivity index (χ2v) is 7.95. The number of benzene rings is 1. The van der Waals surface area contributed by atoms with Crippen molar-refractivity contribution in [2.45, 2.75) is 13.5 Å². The maximum atomic E-state index is 11.9. The van der Waals surface area contributed by atoms with Gasteiger partial charge in [-0.15, -0.1) is 0 Å². The fourth-order valence-electron chi connectivity index (χ4n) is 3.94. The van der Waals surface area contributed by atoms with Crippen molar-refractivity contribution in [2.75, 3.05) is 43.2 Å². The minimum atomic E-state index is -0.440. The second kappa shape index (κ2) is 8.87. The third kappa shape index (κ3) is 4.48. The summed E-state index contributed by atoms with van der Waals surface area (Å²) >= 11 is 0. The van der Waals surface area contributed by atoms with E-state index in [-0.39, 0.29) is 18.3 Å². The van der Waals surface area contributed by atoms with Crippen LogP contribution in [0.25, 0.3) is 0 Å². The standard InChI is InChI=1S/C22H23N7O4/c1-15-2-5-19(23-11-15)26-21-20(29(30)31)22(25-13-24-21)28-8-6-27(7-9-28)12-16-3-4-17-18(10-16)33-14-32-17/h2-5,10-11,13H,6-9,12,14H2,1H3,(H,23,24,25,26). The Morgan fingerprint density at radius 2 is 1.88 bits per heavy atom. The van der Waals surface area contributed by atoms with Gasteiger partial charge in [-0.25, -0.2) is 15.0 Å². The summed E-state index contributed by atoms with van der Waals surface area (Å²) in [5.41, 5.74) is 1.99. The average Bonchev–Trinajstić information content (AvgIpc) is 3.29. The van der Waals surface area contributed by atoms with Crippen molar-refractivity contribution in [3.63, 3.8) is 0 Å². The highest BCUT2D eigenvalue weighted by Crippen LogP contribution is 2.35. The molecule has 5 rings (SSSR count). The van der Waals surface area contributed by atoms with Gasteiger partial charge < -0.3 is 19.7 Å². The van der Waals surface area contributed by atoms with Gasteiger partial charge in [0.25, 0.3) is 0 Å². The molecule has 0 aliphatic carbocycles. The fraction of sp³-hybridized carbons (Fsp3) is 0.318. The van der Waals surface area contributed by atoms with E-state index in [0.29, 0.717) is 24.7 Å². The van der Waals surface area contributed by atoms with Gasteiger partial charge in [0, 0.05) is 38.9 Å². The number of aryl methyl sites for hydroxylation is 1. The van der Waals surface area contributed by atoms with E-state index >= 15 is 0 Å². The largest absolute Gasteiger partial charge is 0.454 e. The number of piperazine rings is 1. The van der Waals surface area contributed by atoms with E-state index < -0.39 is 4.92 Å². The minimum absolute atomic E-state index is 0.129. The number of pyridine rings is 1. The Morgan fingerprint density at radius 1 is 1.06 bits per heavy atom. The quantitative estimate of drug-likeness (QED) is 0.444. The monoisotopic (exact) mass is 449 g/mol. The van der Waals surface area contributed by atoms with Crippen LogP contribution in [0, 0.1) is 17.0 Å². The Labute approximate surface area is 190 Å². The van der Waals surface area contributed by atoms with Crippen molar-refractivity contribution in [3.05, 3.63) is 64.1 Å². The molecule has 0 saturated carbocycles. The average molecular weight is 449 g/mol. The van der Waals surface area contributed by atoms with Crippen LogP contribution < -0.4 is 19.7 Å². The number of anilines is 3. The Morgan fingerprint density at radius 3 is 2.64 bits per heavy atom. The summed E-state index contributed by atoms with van der Waals surface area (Å²) in [5.74, 6) is 2.47. The molecule has 4 heterocycles. The minimum Gasteiger partial charge on any atom is -0.454 e. The molecule has 1 N–H and O–H groups in total. The van der Waals surface area contributed by atoms with Gasteiger partial charge in [-0.05, 0) is 36.2 Å². The molecule has 1 saturated heterocycles. The molecule has 2 aromatic heterocycles. The number of hydrogen-bond donors (Lipinski definition) is 1. The highest BCUT2D eigenvalue weighted by atomic mass is 16.7. The van der Waals surface area contributed by atoms with Crippen LogP contribution in [0.4, 0.5) is 23.1 Å². The Kier molecular flexibility index (Phi) is 5.61. The van der Waals surface area contributed by atoms with Crippen molar-refractivity contribution < 1.29 is 14.4 Å². The number of fused-ring (bicyclic) bond motifs is 1. The second-order valence-electron chi connectivity index (χ2n) is 7.95. The van der Waals surface area contributed by atoms with Crippen LogP contribution in [-0.4, -0.2) is 57.7 Å². The van der Waals surface area contributed by atoms with Gasteiger partial charge in [0.05, 0.1) is 4.92 Å². The molecule has 2 aliphatic heterocycles. The molecule has 11 nitrogen and oxygen atoms in total. The van der Waals surface area contributed by atoms with Crippen molar-refractivity contribution in [1.29, 1.82) is 0 Å². The number of hydrogen-bond acceptors (Lipinski definition) is 10. The molecule has 11 heteroatoms. The number of nitro groups is 1. The molecular weight excluding hydrogens is 426 g/mol. The Bertz CT molecular complexity index is 1160. The van der Waals surface area contributed by atoms with Crippen molar-refractivity contribution in [2.24, 2.45) is 0 Å². The van der Waals surface area contributed by atoms with Crippen LogP contribution in [0.2, 0.25) is 0 Å². The van der Waals surface area contributed by atoms with Crippen LogP contribution >= 0.6 is 0 Å². The van der Waals surface area contributed by atoms with Crippen molar-refractivity contribution >= 4 is 23.1 Å². The summed E-state index contributed by atoms with van der Waals surface area (Å²) < 4.78 is 10.8. The first-order chi connectivity index (χ1) is 16.1. The van der Waals surface area contributed by atoms with Gasteiger partial charge in [-0.3, -0.25) is 15.0 Å². The van der Waals surface area contributed by atoms with Gasteiger partial charge in [-0.2, -0.15) is 0 Å². The fourth-order valence-corrected chi connectivity index (χ4v) is 3.94. The molecule has 0 bridgehead atoms. The maximum Gasteiger partial charge on any atom is 0.353 e. The Balaban J connectivity index is 1.28. The summed E-state index contributed by atoms with van der Waals surface area (Å²) in [7, 11) is 0. The van der Waals surface area contributed by atoms with E-state index in [4.69, 9.17) is 9.47 Å². The molecule has 0 radical (unpaired) electrons. The van der Waals surface area contributed by atoms with Crippen molar-refractivity contribution in [1.82, 2.24) is 19.9 Å². The van der Waals surface area contributed by atoms with Crippen LogP contribution in [-0.2, 0) is 6.54 Å². The lowest BCUT2D eigenvalue weighted by atomic mass is 10.1. The van der Waals surface area contributed by atoms with E-state index in [1.54, 1.807) is 12.3 Å². The summed E-state index contributed by atoms with van der Waals surface area (Å²) in [6.45, 7) is 5.67. The normalized spacial score (nSPS) is 15.5. The van der Waals surface area contributed by atoms with Gasteiger partial charge in [-0.1, -0.05) is 12.1 Å². The smallest absolute Gasteiger partial charge is 0.353 e. The topological polar surface area (TPSA) is 119 Å². The zero-order valence-electron chi connectivity index (χ0n) is 18.1. The highest BCUT2D eigenvalue weighted by Gasteiger charge is 2.29. The molecule has 2 aliphatic rings. The third-order valence-corrected chi connectivity index (χ3v) is 5.66. The number of ether oxygens (including phenoxy) is 2. The van der Waals surface area contributed by atoms with Gasteiger partial charge in [0.15, 0.2) is 11.5 Å².